The fourth-order valence-corrected chi connectivity index (χ4v) is 3.23. The largest absolute Gasteiger partial charge is 0.356 e. The van der Waals surface area contributed by atoms with Crippen molar-refractivity contribution in [2.45, 2.75) is 51.4 Å². The molecule has 1 aliphatic carbocycles. The molecular weight excluding hydrogens is 256 g/mol. The summed E-state index contributed by atoms with van der Waals surface area (Å²) in [4.78, 5) is 12.0. The lowest BCUT2D eigenvalue weighted by Gasteiger charge is -2.26. The maximum atomic E-state index is 12.0. The van der Waals surface area contributed by atoms with E-state index in [2.05, 4.69) is 11.6 Å². The lowest BCUT2D eigenvalue weighted by molar-refractivity contribution is -0.126. The van der Waals surface area contributed by atoms with Crippen LogP contribution in [0.4, 0.5) is 0 Å². The molecule has 1 saturated carbocycles. The quantitative estimate of drug-likeness (QED) is 0.641. The van der Waals surface area contributed by atoms with E-state index in [1.165, 1.54) is 25.0 Å². The van der Waals surface area contributed by atoms with Crippen LogP contribution < -0.4 is 11.1 Å². The van der Waals surface area contributed by atoms with E-state index in [9.17, 15) is 4.79 Å². The molecule has 1 fully saturated rings. The second-order valence-corrected chi connectivity index (χ2v) is 6.64. The third kappa shape index (κ3) is 7.21. The number of nitrogens with two attached hydrogens (primary N) is 1. The van der Waals surface area contributed by atoms with Gasteiger partial charge >= 0.3 is 0 Å². The van der Waals surface area contributed by atoms with E-state index in [-0.39, 0.29) is 11.8 Å². The molecule has 3 N–H and O–H groups in total. The van der Waals surface area contributed by atoms with Gasteiger partial charge in [-0.2, -0.15) is 11.8 Å². The SMILES string of the molecule is CSCCCCCCNC(=O)C1CCC(CN)CC1. The first-order valence-corrected chi connectivity index (χ1v) is 9.14. The second-order valence-electron chi connectivity index (χ2n) is 5.65. The number of nitrogens with one attached hydrogen (secondary N) is 1. The van der Waals surface area contributed by atoms with Crippen molar-refractivity contribution in [3.8, 4) is 0 Å². The summed E-state index contributed by atoms with van der Waals surface area (Å²) < 4.78 is 0. The molecule has 0 radical (unpaired) electrons. The van der Waals surface area contributed by atoms with Gasteiger partial charge in [0.15, 0.2) is 0 Å². The molecule has 19 heavy (non-hydrogen) atoms. The summed E-state index contributed by atoms with van der Waals surface area (Å²) in [5.74, 6) is 2.44. The van der Waals surface area contributed by atoms with Crippen LogP contribution in [-0.4, -0.2) is 31.0 Å². The molecule has 1 rings (SSSR count). The van der Waals surface area contributed by atoms with Gasteiger partial charge in [0.2, 0.25) is 5.91 Å². The van der Waals surface area contributed by atoms with Crippen molar-refractivity contribution in [1.82, 2.24) is 5.32 Å². The van der Waals surface area contributed by atoms with Gasteiger partial charge in [-0.3, -0.25) is 4.79 Å². The van der Waals surface area contributed by atoms with Crippen LogP contribution in [0.2, 0.25) is 0 Å². The summed E-state index contributed by atoms with van der Waals surface area (Å²) in [5.41, 5.74) is 5.67. The molecule has 3 nitrogen and oxygen atoms in total. The van der Waals surface area contributed by atoms with Gasteiger partial charge in [0.1, 0.15) is 0 Å². The predicted molar refractivity (Wildman–Crippen MR) is 84.4 cm³/mol. The Labute approximate surface area is 122 Å². The van der Waals surface area contributed by atoms with Crippen molar-refractivity contribution in [2.24, 2.45) is 17.6 Å². The summed E-state index contributed by atoms with van der Waals surface area (Å²) in [7, 11) is 0. The zero-order chi connectivity index (χ0) is 13.9. The van der Waals surface area contributed by atoms with Gasteiger partial charge in [0.25, 0.3) is 0 Å². The van der Waals surface area contributed by atoms with Crippen LogP contribution in [0, 0.1) is 11.8 Å². The maximum Gasteiger partial charge on any atom is 0.223 e. The first kappa shape index (κ1) is 16.8. The second kappa shape index (κ2) is 10.6. The molecule has 4 heteroatoms. The van der Waals surface area contributed by atoms with Gasteiger partial charge < -0.3 is 11.1 Å². The Morgan fingerprint density at radius 1 is 1.16 bits per heavy atom. The van der Waals surface area contributed by atoms with E-state index < -0.39 is 0 Å². The topological polar surface area (TPSA) is 55.1 Å². The molecule has 0 aromatic rings. The number of thioether (sulfide) groups is 1. The van der Waals surface area contributed by atoms with Crippen molar-refractivity contribution in [3.05, 3.63) is 0 Å². The highest BCUT2D eigenvalue weighted by Crippen LogP contribution is 2.28. The van der Waals surface area contributed by atoms with Gasteiger partial charge in [0.05, 0.1) is 0 Å². The number of hydrogen-bond donors (Lipinski definition) is 2. The number of carbonyl (C=O) groups is 1. The molecule has 0 aromatic carbocycles. The van der Waals surface area contributed by atoms with Crippen LogP contribution in [-0.2, 0) is 4.79 Å². The zero-order valence-electron chi connectivity index (χ0n) is 12.3. The standard InChI is InChI=1S/C15H30N2OS/c1-19-11-5-3-2-4-10-17-15(18)14-8-6-13(12-16)7-9-14/h13-14H,2-12,16H2,1H3,(H,17,18). The fourth-order valence-electron chi connectivity index (χ4n) is 2.74. The van der Waals surface area contributed by atoms with Gasteiger partial charge in [-0.25, -0.2) is 0 Å². The van der Waals surface area contributed by atoms with Crippen molar-refractivity contribution in [3.63, 3.8) is 0 Å². The van der Waals surface area contributed by atoms with Gasteiger partial charge in [-0.1, -0.05) is 12.8 Å². The van der Waals surface area contributed by atoms with Crippen LogP contribution in [0.1, 0.15) is 51.4 Å². The average molecular weight is 286 g/mol. The Hall–Kier alpha value is -0.220. The molecule has 0 unspecified atom stereocenters. The van der Waals surface area contributed by atoms with E-state index in [0.29, 0.717) is 5.92 Å². The molecular formula is C15H30N2OS. The number of rotatable bonds is 9. The van der Waals surface area contributed by atoms with E-state index in [4.69, 9.17) is 5.73 Å². The maximum absolute atomic E-state index is 12.0. The van der Waals surface area contributed by atoms with Crippen molar-refractivity contribution in [2.75, 3.05) is 25.1 Å². The summed E-state index contributed by atoms with van der Waals surface area (Å²) in [6, 6.07) is 0. The van der Waals surface area contributed by atoms with Crippen LogP contribution in [0.5, 0.6) is 0 Å². The van der Waals surface area contributed by atoms with Crippen molar-refractivity contribution in [1.29, 1.82) is 0 Å². The molecule has 112 valence electrons. The third-order valence-electron chi connectivity index (χ3n) is 4.13. The summed E-state index contributed by atoms with van der Waals surface area (Å²) in [6.07, 6.45) is 11.4. The average Bonchev–Trinajstić information content (AvgIpc) is 2.46. The Kier molecular flexibility index (Phi) is 9.35. The Balaban J connectivity index is 1.99. The minimum atomic E-state index is 0.249. The summed E-state index contributed by atoms with van der Waals surface area (Å²) in [6.45, 7) is 1.64. The van der Waals surface area contributed by atoms with E-state index in [1.807, 2.05) is 11.8 Å². The van der Waals surface area contributed by atoms with E-state index >= 15 is 0 Å². The molecule has 0 saturated heterocycles. The smallest absolute Gasteiger partial charge is 0.223 e. The Bertz CT molecular complexity index is 240. The lowest BCUT2D eigenvalue weighted by atomic mass is 9.81. The van der Waals surface area contributed by atoms with Gasteiger partial charge in [-0.15, -0.1) is 0 Å². The van der Waals surface area contributed by atoms with E-state index in [0.717, 1.165) is 45.2 Å². The molecule has 1 aliphatic rings. The minimum Gasteiger partial charge on any atom is -0.356 e. The molecule has 0 spiro atoms. The monoisotopic (exact) mass is 286 g/mol. The van der Waals surface area contributed by atoms with Crippen LogP contribution in [0.25, 0.3) is 0 Å². The first-order chi connectivity index (χ1) is 9.27. The minimum absolute atomic E-state index is 0.249. The summed E-state index contributed by atoms with van der Waals surface area (Å²) >= 11 is 1.91. The van der Waals surface area contributed by atoms with Crippen molar-refractivity contribution < 1.29 is 4.79 Å². The molecule has 0 bridgehead atoms. The molecule has 0 atom stereocenters. The lowest BCUT2D eigenvalue weighted by Crippen LogP contribution is -2.34. The highest BCUT2D eigenvalue weighted by Gasteiger charge is 2.25. The van der Waals surface area contributed by atoms with Gasteiger partial charge in [-0.05, 0) is 63.0 Å². The highest BCUT2D eigenvalue weighted by molar-refractivity contribution is 7.98. The normalized spacial score (nSPS) is 23.3. The van der Waals surface area contributed by atoms with Crippen LogP contribution in [0.3, 0.4) is 0 Å². The number of amides is 1. The van der Waals surface area contributed by atoms with Crippen molar-refractivity contribution >= 4 is 17.7 Å². The number of hydrogen-bond acceptors (Lipinski definition) is 3. The molecule has 0 aromatic heterocycles. The summed E-state index contributed by atoms with van der Waals surface area (Å²) in [5, 5.41) is 3.10. The molecule has 0 heterocycles. The Morgan fingerprint density at radius 2 is 1.84 bits per heavy atom. The fraction of sp³-hybridized carbons (Fsp3) is 0.933. The van der Waals surface area contributed by atoms with Gasteiger partial charge in [0, 0.05) is 12.5 Å². The van der Waals surface area contributed by atoms with Crippen LogP contribution >= 0.6 is 11.8 Å². The van der Waals surface area contributed by atoms with Crippen LogP contribution in [0.15, 0.2) is 0 Å². The Morgan fingerprint density at radius 3 is 2.47 bits per heavy atom. The first-order valence-electron chi connectivity index (χ1n) is 7.74. The third-order valence-corrected chi connectivity index (χ3v) is 4.82. The number of carbonyl (C=O) groups excluding carboxylic acids is 1. The number of unbranched alkanes of at least 4 members (excludes halogenated alkanes) is 3. The highest BCUT2D eigenvalue weighted by atomic mass is 32.2. The zero-order valence-corrected chi connectivity index (χ0v) is 13.1. The molecule has 1 amide bonds. The van der Waals surface area contributed by atoms with E-state index in [1.54, 1.807) is 0 Å². The molecule has 0 aliphatic heterocycles. The predicted octanol–water partition coefficient (Wildman–Crippen LogP) is 2.79.